The lowest BCUT2D eigenvalue weighted by atomic mass is 10.1. The summed E-state index contributed by atoms with van der Waals surface area (Å²) in [7, 11) is 1.64. The molecule has 0 saturated heterocycles. The molecule has 0 saturated carbocycles. The van der Waals surface area contributed by atoms with Crippen LogP contribution in [0.5, 0.6) is 5.75 Å². The number of benzene rings is 3. The molecule has 3 aromatic carbocycles. The van der Waals surface area contributed by atoms with Crippen LogP contribution in [0.2, 0.25) is 0 Å². The van der Waals surface area contributed by atoms with Gasteiger partial charge in [-0.1, -0.05) is 42.5 Å². The normalized spacial score (nSPS) is 10.8. The van der Waals surface area contributed by atoms with Crippen LogP contribution in [0.4, 0.5) is 5.69 Å². The number of nitrogens with zero attached hydrogens (tertiary/aromatic N) is 4. The fraction of sp³-hybridized carbons (Fsp3) is 0.250. The third kappa shape index (κ3) is 7.60. The number of nitro groups is 1. The maximum atomic E-state index is 13.8. The molecule has 41 heavy (non-hydrogen) atoms. The number of methoxy groups -OCH3 is 1. The number of non-ortho nitro benzene ring substituents is 1. The van der Waals surface area contributed by atoms with Gasteiger partial charge in [-0.05, 0) is 61.4 Å². The summed E-state index contributed by atoms with van der Waals surface area (Å²) in [6.07, 6.45) is 1.98. The van der Waals surface area contributed by atoms with E-state index in [1.165, 1.54) is 29.2 Å². The van der Waals surface area contributed by atoms with Gasteiger partial charge in [0, 0.05) is 48.7 Å². The molecule has 1 heterocycles. The van der Waals surface area contributed by atoms with Crippen molar-refractivity contribution in [2.24, 2.45) is 0 Å². The Morgan fingerprint density at radius 3 is 2.27 bits per heavy atom. The lowest BCUT2D eigenvalue weighted by Gasteiger charge is -2.30. The number of nitro benzene ring substituents is 1. The number of ether oxygens (including phenoxy) is 1. The molecule has 4 aromatic rings. The fourth-order valence-electron chi connectivity index (χ4n) is 4.57. The standard InChI is InChI=1S/C32H34N4O5/c1-24(2)35(32(38)27-14-16-28(17-15-27)36(39)40)23-31(37)34(20-25-9-5-4-6-10-25)22-29-12-8-18-33(29)21-26-11-7-13-30(19-26)41-3/h4-19,24H,20-23H2,1-3H3. The third-order valence-corrected chi connectivity index (χ3v) is 6.85. The topological polar surface area (TPSA) is 97.9 Å². The molecule has 9 nitrogen and oxygen atoms in total. The fourth-order valence-corrected chi connectivity index (χ4v) is 4.57. The molecule has 0 aliphatic rings. The highest BCUT2D eigenvalue weighted by molar-refractivity contribution is 5.96. The molecule has 0 spiro atoms. The summed E-state index contributed by atoms with van der Waals surface area (Å²) in [6, 6.07) is 26.7. The first-order valence-electron chi connectivity index (χ1n) is 13.4. The Morgan fingerprint density at radius 1 is 0.902 bits per heavy atom. The molecule has 0 aliphatic carbocycles. The highest BCUT2D eigenvalue weighted by atomic mass is 16.6. The summed E-state index contributed by atoms with van der Waals surface area (Å²) in [5, 5.41) is 11.0. The second kappa shape index (κ2) is 13.4. The summed E-state index contributed by atoms with van der Waals surface area (Å²) in [5.41, 5.74) is 3.19. The van der Waals surface area contributed by atoms with Crippen LogP contribution in [0, 0.1) is 10.1 Å². The number of aromatic nitrogens is 1. The van der Waals surface area contributed by atoms with Crippen molar-refractivity contribution in [2.75, 3.05) is 13.7 Å². The maximum absolute atomic E-state index is 13.8. The molecular formula is C32H34N4O5. The SMILES string of the molecule is COc1cccc(Cn2cccc2CN(Cc2ccccc2)C(=O)CN(C(=O)c2ccc([N+](=O)[O-])cc2)C(C)C)c1. The predicted molar refractivity (Wildman–Crippen MR) is 156 cm³/mol. The van der Waals surface area contributed by atoms with Gasteiger partial charge < -0.3 is 19.1 Å². The number of rotatable bonds is 12. The summed E-state index contributed by atoms with van der Waals surface area (Å²) in [5.74, 6) is 0.222. The van der Waals surface area contributed by atoms with E-state index >= 15 is 0 Å². The van der Waals surface area contributed by atoms with Crippen LogP contribution >= 0.6 is 0 Å². The molecule has 4 rings (SSSR count). The highest BCUT2D eigenvalue weighted by Crippen LogP contribution is 2.19. The molecule has 9 heteroatoms. The van der Waals surface area contributed by atoms with Crippen molar-refractivity contribution in [3.8, 4) is 5.75 Å². The molecular weight excluding hydrogens is 520 g/mol. The van der Waals surface area contributed by atoms with Gasteiger partial charge in [-0.15, -0.1) is 0 Å². The van der Waals surface area contributed by atoms with Crippen molar-refractivity contribution in [1.82, 2.24) is 14.4 Å². The summed E-state index contributed by atoms with van der Waals surface area (Å²) >= 11 is 0. The van der Waals surface area contributed by atoms with Crippen molar-refractivity contribution in [3.63, 3.8) is 0 Å². The number of carbonyl (C=O) groups is 2. The third-order valence-electron chi connectivity index (χ3n) is 6.85. The van der Waals surface area contributed by atoms with E-state index in [4.69, 9.17) is 4.74 Å². The van der Waals surface area contributed by atoms with Crippen LogP contribution in [-0.4, -0.2) is 50.8 Å². The van der Waals surface area contributed by atoms with Crippen molar-refractivity contribution < 1.29 is 19.2 Å². The quantitative estimate of drug-likeness (QED) is 0.169. The average Bonchev–Trinajstić information content (AvgIpc) is 3.41. The first-order valence-corrected chi connectivity index (χ1v) is 13.4. The van der Waals surface area contributed by atoms with Gasteiger partial charge in [0.2, 0.25) is 5.91 Å². The van der Waals surface area contributed by atoms with Crippen LogP contribution in [0.3, 0.4) is 0 Å². The number of carbonyl (C=O) groups excluding carboxylic acids is 2. The van der Waals surface area contributed by atoms with Gasteiger partial charge in [0.1, 0.15) is 12.3 Å². The molecule has 0 atom stereocenters. The molecule has 0 radical (unpaired) electrons. The Balaban J connectivity index is 1.56. The highest BCUT2D eigenvalue weighted by Gasteiger charge is 2.26. The molecule has 0 fully saturated rings. The van der Waals surface area contributed by atoms with Crippen LogP contribution < -0.4 is 4.74 Å². The minimum Gasteiger partial charge on any atom is -0.497 e. The Kier molecular flexibility index (Phi) is 9.52. The van der Waals surface area contributed by atoms with E-state index in [1.54, 1.807) is 12.0 Å². The molecule has 0 bridgehead atoms. The van der Waals surface area contributed by atoms with E-state index in [9.17, 15) is 19.7 Å². The van der Waals surface area contributed by atoms with Gasteiger partial charge in [0.15, 0.2) is 0 Å². The van der Waals surface area contributed by atoms with E-state index in [1.807, 2.05) is 86.8 Å². The van der Waals surface area contributed by atoms with Crippen molar-refractivity contribution in [3.05, 3.63) is 130 Å². The number of amides is 2. The van der Waals surface area contributed by atoms with E-state index in [2.05, 4.69) is 4.57 Å². The van der Waals surface area contributed by atoms with Gasteiger partial charge in [-0.25, -0.2) is 0 Å². The van der Waals surface area contributed by atoms with Crippen molar-refractivity contribution in [1.29, 1.82) is 0 Å². The van der Waals surface area contributed by atoms with E-state index < -0.39 is 4.92 Å². The largest absolute Gasteiger partial charge is 0.497 e. The zero-order valence-electron chi connectivity index (χ0n) is 23.5. The van der Waals surface area contributed by atoms with Crippen LogP contribution in [0.15, 0.2) is 97.2 Å². The van der Waals surface area contributed by atoms with E-state index in [0.29, 0.717) is 25.2 Å². The smallest absolute Gasteiger partial charge is 0.269 e. The second-order valence-electron chi connectivity index (χ2n) is 10.0. The van der Waals surface area contributed by atoms with E-state index in [-0.39, 0.29) is 30.1 Å². The van der Waals surface area contributed by atoms with Gasteiger partial charge >= 0.3 is 0 Å². The Morgan fingerprint density at radius 2 is 1.61 bits per heavy atom. The molecule has 1 aromatic heterocycles. The predicted octanol–water partition coefficient (Wildman–Crippen LogP) is 5.53. The summed E-state index contributed by atoms with van der Waals surface area (Å²) in [6.45, 7) is 4.90. The molecule has 0 aliphatic heterocycles. The Bertz CT molecular complexity index is 1480. The number of hydrogen-bond donors (Lipinski definition) is 0. The molecule has 212 valence electrons. The zero-order valence-corrected chi connectivity index (χ0v) is 23.5. The average molecular weight is 555 g/mol. The molecule has 2 amide bonds. The summed E-state index contributed by atoms with van der Waals surface area (Å²) < 4.78 is 7.47. The van der Waals surface area contributed by atoms with Gasteiger partial charge in [-0.2, -0.15) is 0 Å². The molecule has 0 N–H and O–H groups in total. The Hall–Kier alpha value is -4.92. The van der Waals surface area contributed by atoms with Crippen molar-refractivity contribution >= 4 is 17.5 Å². The first-order chi connectivity index (χ1) is 19.7. The molecule has 0 unspecified atom stereocenters. The van der Waals surface area contributed by atoms with Crippen LogP contribution in [-0.2, 0) is 24.4 Å². The lowest BCUT2D eigenvalue weighted by Crippen LogP contribution is -2.45. The minimum atomic E-state index is -0.510. The van der Waals surface area contributed by atoms with Crippen LogP contribution in [0.1, 0.15) is 41.0 Å². The second-order valence-corrected chi connectivity index (χ2v) is 10.0. The van der Waals surface area contributed by atoms with Gasteiger partial charge in [0.25, 0.3) is 11.6 Å². The monoisotopic (exact) mass is 554 g/mol. The van der Waals surface area contributed by atoms with Gasteiger partial charge in [0.05, 0.1) is 18.6 Å². The maximum Gasteiger partial charge on any atom is 0.269 e. The number of hydrogen-bond acceptors (Lipinski definition) is 5. The first kappa shape index (κ1) is 29.1. The lowest BCUT2D eigenvalue weighted by molar-refractivity contribution is -0.384. The zero-order chi connectivity index (χ0) is 29.4. The van der Waals surface area contributed by atoms with Gasteiger partial charge in [-0.3, -0.25) is 19.7 Å². The van der Waals surface area contributed by atoms with Crippen LogP contribution in [0.25, 0.3) is 0 Å². The summed E-state index contributed by atoms with van der Waals surface area (Å²) in [4.78, 5) is 41.0. The van der Waals surface area contributed by atoms with E-state index in [0.717, 1.165) is 22.6 Å². The minimum absolute atomic E-state index is 0.0975. The van der Waals surface area contributed by atoms with Crippen molar-refractivity contribution in [2.45, 2.75) is 39.5 Å². The Labute approximate surface area is 239 Å².